The van der Waals surface area contributed by atoms with E-state index >= 15 is 0 Å². The summed E-state index contributed by atoms with van der Waals surface area (Å²) in [6, 6.07) is -23.9. The fourth-order valence-corrected chi connectivity index (χ4v) is 5.96. The molecule has 10 rings (SSSR count). The Morgan fingerprint density at radius 3 is 1.88 bits per heavy atom. The van der Waals surface area contributed by atoms with Gasteiger partial charge in [0.15, 0.2) is 0 Å². The molecule has 0 atom stereocenters. The van der Waals surface area contributed by atoms with Gasteiger partial charge in [-0.3, -0.25) is 0 Å². The molecule has 0 aliphatic heterocycles. The second kappa shape index (κ2) is 10.7. The van der Waals surface area contributed by atoms with Gasteiger partial charge in [0.2, 0.25) is 0 Å². The first-order valence-electron chi connectivity index (χ1n) is 28.4. The van der Waals surface area contributed by atoms with Gasteiger partial charge in [0, 0.05) is 16.2 Å². The lowest BCUT2D eigenvalue weighted by Gasteiger charge is -2.18. The minimum absolute atomic E-state index is 0.437. The van der Waals surface area contributed by atoms with Crippen LogP contribution < -0.4 is 0 Å². The van der Waals surface area contributed by atoms with Crippen LogP contribution >= 0.6 is 0 Å². The molecule has 48 heavy (non-hydrogen) atoms. The van der Waals surface area contributed by atoms with Crippen molar-refractivity contribution in [3.63, 3.8) is 0 Å². The average Bonchev–Trinajstić information content (AvgIpc) is 3.83. The van der Waals surface area contributed by atoms with E-state index in [9.17, 15) is 13.7 Å². The topological polar surface area (TPSA) is 13.1 Å². The zero-order valence-electron chi connectivity index (χ0n) is 52.1. The van der Waals surface area contributed by atoms with Crippen LogP contribution in [-0.2, 0) is 6.42 Å². The highest BCUT2D eigenvalue weighted by Gasteiger charge is 2.20. The van der Waals surface area contributed by atoms with Crippen LogP contribution in [0.5, 0.6) is 0 Å². The van der Waals surface area contributed by atoms with E-state index in [1.54, 1.807) is 0 Å². The molecule has 0 saturated heterocycles. The number of furan rings is 1. The summed E-state index contributed by atoms with van der Waals surface area (Å²) in [4.78, 5) is 0. The first-order valence-corrected chi connectivity index (χ1v) is 14.4. The van der Waals surface area contributed by atoms with Gasteiger partial charge in [0.25, 0.3) is 0 Å². The van der Waals surface area contributed by atoms with Crippen molar-refractivity contribution in [2.75, 3.05) is 0 Å². The van der Waals surface area contributed by atoms with E-state index in [-0.39, 0.29) is 0 Å². The normalized spacial score (nSPS) is 20.0. The molecule has 0 spiro atoms. The molecule has 0 N–H and O–H groups in total. The Morgan fingerprint density at radius 1 is 0.438 bits per heavy atom. The van der Waals surface area contributed by atoms with Crippen molar-refractivity contribution >= 4 is 65.0 Å². The quantitative estimate of drug-likeness (QED) is 0.175. The van der Waals surface area contributed by atoms with Crippen molar-refractivity contribution in [2.45, 2.75) is 6.42 Å². The van der Waals surface area contributed by atoms with E-state index in [1.165, 1.54) is 0 Å². The lowest BCUT2D eigenvalue weighted by molar-refractivity contribution is 0.673. The van der Waals surface area contributed by atoms with E-state index < -0.39 is 274 Å². The van der Waals surface area contributed by atoms with E-state index in [4.69, 9.17) is 29.1 Å². The number of fused-ring (bicyclic) bond motifs is 8. The fourth-order valence-electron chi connectivity index (χ4n) is 5.96. The fraction of sp³-hybridized carbons (Fsp3) is 0.0213. The van der Waals surface area contributed by atoms with Crippen LogP contribution in [0.15, 0.2) is 174 Å². The Morgan fingerprint density at radius 2 is 1.08 bits per heavy atom. The lowest BCUT2D eigenvalue weighted by Crippen LogP contribution is -1.96. The maximum Gasteiger partial charge on any atom is 0.143 e. The third-order valence-corrected chi connectivity index (χ3v) is 8.01. The Kier molecular flexibility index (Phi) is 2.50. The van der Waals surface area contributed by atoms with E-state index in [0.717, 1.165) is 0 Å². The van der Waals surface area contributed by atoms with Crippen LogP contribution in [0.1, 0.15) is 49.5 Å². The number of hydrogen-bond donors (Lipinski definition) is 0. The predicted molar refractivity (Wildman–Crippen MR) is 204 cm³/mol. The third-order valence-electron chi connectivity index (χ3n) is 8.01. The standard InChI is InChI=1S/C47H30O/c1-2-11-31(12-3-1)34-24-23-33-27-30(21-22-35(33)29-34)28-43-37-15-6-8-17-39(37)45(40-18-9-7-16-38(40)43)41-19-10-20-44-46(41)42-26-25-32-13-4-5-14-36(32)47(42)48-44/h1-27,29H,28H2/i1D,2D,3D,4D,5D,6D,7D,8D,9D,10D,11D,12D,13D,14D,15D,16D,17D,18D,19D,20D,21D,22D,23D,24D,25D,26D,27D,29D. The highest BCUT2D eigenvalue weighted by molar-refractivity contribution is 6.24. The molecule has 0 radical (unpaired) electrons. The zero-order chi connectivity index (χ0) is 56.0. The highest BCUT2D eigenvalue weighted by atomic mass is 16.3. The third kappa shape index (κ3) is 4.18. The van der Waals surface area contributed by atoms with Gasteiger partial charge in [-0.05, 0) is 95.6 Å². The monoisotopic (exact) mass is 638 g/mol. The first kappa shape index (κ1) is 11.2. The van der Waals surface area contributed by atoms with Gasteiger partial charge in [-0.2, -0.15) is 0 Å². The van der Waals surface area contributed by atoms with Crippen LogP contribution in [-0.4, -0.2) is 0 Å². The van der Waals surface area contributed by atoms with Crippen molar-refractivity contribution in [3.8, 4) is 22.3 Å². The van der Waals surface area contributed by atoms with E-state index in [0.29, 0.717) is 0 Å². The molecule has 1 heterocycles. The summed E-state index contributed by atoms with van der Waals surface area (Å²) in [6.07, 6.45) is -0.921. The van der Waals surface area contributed by atoms with Gasteiger partial charge < -0.3 is 4.42 Å². The summed E-state index contributed by atoms with van der Waals surface area (Å²) in [7, 11) is 0. The van der Waals surface area contributed by atoms with E-state index in [2.05, 4.69) is 0 Å². The molecular formula is C47H30O. The number of rotatable bonds is 4. The predicted octanol–water partition coefficient (Wildman–Crippen LogP) is 13.1. The largest absolute Gasteiger partial charge is 0.455 e. The van der Waals surface area contributed by atoms with Crippen molar-refractivity contribution in [3.05, 3.63) is 180 Å². The molecule has 1 heteroatoms. The molecule has 1 nitrogen and oxygen atoms in total. The molecule has 9 aromatic carbocycles. The van der Waals surface area contributed by atoms with Crippen molar-refractivity contribution in [1.29, 1.82) is 0 Å². The van der Waals surface area contributed by atoms with Gasteiger partial charge >= 0.3 is 0 Å². The number of benzene rings is 9. The van der Waals surface area contributed by atoms with Crippen LogP contribution in [0.3, 0.4) is 0 Å². The summed E-state index contributed by atoms with van der Waals surface area (Å²) in [5, 5.41) is -5.45. The Balaban J connectivity index is 1.41. The molecule has 10 aromatic rings. The maximum absolute atomic E-state index is 9.52. The number of hydrogen-bond acceptors (Lipinski definition) is 1. The Labute approximate surface area is 317 Å². The Hall–Kier alpha value is -6.18. The summed E-state index contributed by atoms with van der Waals surface area (Å²) >= 11 is 0. The summed E-state index contributed by atoms with van der Waals surface area (Å²) in [6.45, 7) is 0. The van der Waals surface area contributed by atoms with Crippen LogP contribution in [0.2, 0.25) is 0 Å². The minimum Gasteiger partial charge on any atom is -0.455 e. The average molecular weight is 639 g/mol. The molecule has 0 aliphatic rings. The molecule has 0 amide bonds. The van der Waals surface area contributed by atoms with Crippen molar-refractivity contribution in [1.82, 2.24) is 0 Å². The second-order valence-electron chi connectivity index (χ2n) is 10.6. The molecule has 0 fully saturated rings. The summed E-state index contributed by atoms with van der Waals surface area (Å²) < 4.78 is 257. The van der Waals surface area contributed by atoms with Crippen LogP contribution in [0.4, 0.5) is 0 Å². The zero-order valence-corrected chi connectivity index (χ0v) is 24.1. The van der Waals surface area contributed by atoms with Gasteiger partial charge in [-0.25, -0.2) is 0 Å². The Bertz CT molecular complexity index is 4350. The highest BCUT2D eigenvalue weighted by Crippen LogP contribution is 2.45. The van der Waals surface area contributed by atoms with Gasteiger partial charge in [-0.15, -0.1) is 0 Å². The van der Waals surface area contributed by atoms with Crippen LogP contribution in [0.25, 0.3) is 87.3 Å². The summed E-state index contributed by atoms with van der Waals surface area (Å²) in [5.41, 5.74) is -4.68. The lowest BCUT2D eigenvalue weighted by atomic mass is 9.85. The second-order valence-corrected chi connectivity index (χ2v) is 10.6. The molecule has 0 unspecified atom stereocenters. The van der Waals surface area contributed by atoms with Crippen molar-refractivity contribution in [2.24, 2.45) is 0 Å². The van der Waals surface area contributed by atoms with Crippen molar-refractivity contribution < 1.29 is 42.8 Å². The molecule has 0 bridgehead atoms. The molecular weight excluding hydrogens is 581 g/mol. The molecule has 224 valence electrons. The molecule has 0 saturated carbocycles. The SMILES string of the molecule is [2H]c1c([2H])c([2H])c(-c2c([2H])c([2H])c3c([2H])c(Cc4c5c([2H])c([2H])c([2H])c([2H])c5c(-c5c([2H])c([2H])c([2H])c6oc7c8c([2H])c([2H])c([2H])c([2H])c8c([2H])c([2H])c7c56)c5c([2H])c([2H])c([2H])c([2H])c45)c([2H])c([2H])c3c2[2H])c([2H])c1[2H]. The first-order chi connectivity index (χ1) is 35.5. The minimum atomic E-state index is -0.939. The molecule has 0 aliphatic carbocycles. The smallest absolute Gasteiger partial charge is 0.143 e. The van der Waals surface area contributed by atoms with Gasteiger partial charge in [0.1, 0.15) is 11.2 Å². The van der Waals surface area contributed by atoms with Gasteiger partial charge in [-0.1, -0.05) is 151 Å². The van der Waals surface area contributed by atoms with Gasteiger partial charge in [0.05, 0.1) is 38.4 Å². The summed E-state index contributed by atoms with van der Waals surface area (Å²) in [5.74, 6) is 0. The maximum atomic E-state index is 9.52. The van der Waals surface area contributed by atoms with Crippen LogP contribution in [0, 0.1) is 0 Å². The molecule has 1 aromatic heterocycles. The van der Waals surface area contributed by atoms with E-state index in [1.807, 2.05) is 0 Å².